The van der Waals surface area contributed by atoms with Crippen LogP contribution < -0.4 is 4.90 Å². The Labute approximate surface area is 213 Å². The summed E-state index contributed by atoms with van der Waals surface area (Å²) in [5.74, 6) is 0.746. The van der Waals surface area contributed by atoms with Crippen molar-refractivity contribution in [2.24, 2.45) is 7.05 Å². The second kappa shape index (κ2) is 8.30. The number of ether oxygens (including phenoxy) is 1. The van der Waals surface area contributed by atoms with Gasteiger partial charge in [-0.2, -0.15) is 10.4 Å². The van der Waals surface area contributed by atoms with Crippen LogP contribution in [0.1, 0.15) is 32.8 Å². The van der Waals surface area contributed by atoms with Crippen LogP contribution in [0.15, 0.2) is 37.1 Å². The second-order valence-electron chi connectivity index (χ2n) is 10.6. The van der Waals surface area contributed by atoms with Crippen molar-refractivity contribution in [3.8, 4) is 28.6 Å². The molecule has 1 amide bonds. The molecule has 3 fully saturated rings. The van der Waals surface area contributed by atoms with Crippen LogP contribution in [0.25, 0.3) is 33.5 Å². The molecule has 11 nitrogen and oxygen atoms in total. The number of amides is 1. The number of aromatic amines is 1. The Balaban J connectivity index is 1.25. The van der Waals surface area contributed by atoms with Crippen molar-refractivity contribution in [2.75, 3.05) is 18.0 Å². The molecule has 37 heavy (non-hydrogen) atoms. The molecule has 3 aliphatic heterocycles. The second-order valence-corrected chi connectivity index (χ2v) is 10.6. The maximum Gasteiger partial charge on any atom is 0.410 e. The Morgan fingerprint density at radius 2 is 1.92 bits per heavy atom. The van der Waals surface area contributed by atoms with Crippen LogP contribution in [0.2, 0.25) is 0 Å². The molecular formula is C26H27N9O2. The first-order valence-corrected chi connectivity index (χ1v) is 12.2. The van der Waals surface area contributed by atoms with Gasteiger partial charge in [-0.3, -0.25) is 14.6 Å². The number of hydrogen-bond donors (Lipinski definition) is 1. The Morgan fingerprint density at radius 3 is 2.54 bits per heavy atom. The van der Waals surface area contributed by atoms with Gasteiger partial charge < -0.3 is 14.6 Å². The van der Waals surface area contributed by atoms with E-state index in [-0.39, 0.29) is 18.2 Å². The van der Waals surface area contributed by atoms with Crippen LogP contribution in [0.5, 0.6) is 0 Å². The number of nitriles is 1. The maximum atomic E-state index is 12.6. The molecule has 3 saturated heterocycles. The number of hydrogen-bond acceptors (Lipinski definition) is 8. The fourth-order valence-electron chi connectivity index (χ4n) is 5.17. The van der Waals surface area contributed by atoms with Gasteiger partial charge in [0.1, 0.15) is 23.1 Å². The number of anilines is 1. The van der Waals surface area contributed by atoms with Gasteiger partial charge in [0.05, 0.1) is 47.6 Å². The molecule has 0 saturated carbocycles. The number of carbonyl (C=O) groups excluding carboxylic acids is 1. The van der Waals surface area contributed by atoms with Crippen molar-refractivity contribution in [2.45, 2.75) is 44.9 Å². The van der Waals surface area contributed by atoms with Crippen LogP contribution in [0, 0.1) is 11.3 Å². The van der Waals surface area contributed by atoms with Crippen molar-refractivity contribution in [3.63, 3.8) is 0 Å². The molecule has 4 aromatic heterocycles. The highest BCUT2D eigenvalue weighted by Crippen LogP contribution is 2.36. The van der Waals surface area contributed by atoms with Gasteiger partial charge in [-0.25, -0.2) is 14.8 Å². The van der Waals surface area contributed by atoms with E-state index in [1.807, 2.05) is 45.0 Å². The largest absolute Gasteiger partial charge is 0.444 e. The summed E-state index contributed by atoms with van der Waals surface area (Å²) in [5, 5.41) is 14.8. The smallest absolute Gasteiger partial charge is 0.410 e. The van der Waals surface area contributed by atoms with E-state index in [1.165, 1.54) is 0 Å². The zero-order valence-electron chi connectivity index (χ0n) is 21.1. The van der Waals surface area contributed by atoms with Gasteiger partial charge in [-0.1, -0.05) is 0 Å². The van der Waals surface area contributed by atoms with Gasteiger partial charge in [0.2, 0.25) is 0 Å². The van der Waals surface area contributed by atoms with Crippen LogP contribution in [-0.4, -0.2) is 71.5 Å². The Kier molecular flexibility index (Phi) is 5.15. The van der Waals surface area contributed by atoms with Crippen molar-refractivity contribution in [3.05, 3.63) is 42.6 Å². The minimum Gasteiger partial charge on any atom is -0.444 e. The van der Waals surface area contributed by atoms with E-state index < -0.39 is 5.60 Å². The summed E-state index contributed by atoms with van der Waals surface area (Å²) in [5.41, 5.74) is 3.66. The number of H-pyrrole nitrogens is 1. The minimum absolute atomic E-state index is 0.103. The molecule has 2 unspecified atom stereocenters. The summed E-state index contributed by atoms with van der Waals surface area (Å²) in [6.45, 7) is 7.00. The summed E-state index contributed by atoms with van der Waals surface area (Å²) in [6, 6.07) is 4.41. The molecule has 0 aromatic carbocycles. The number of pyridine rings is 1. The molecule has 0 aliphatic carbocycles. The Bertz CT molecular complexity index is 1530. The third-order valence-corrected chi connectivity index (χ3v) is 6.81. The van der Waals surface area contributed by atoms with Gasteiger partial charge in [-0.05, 0) is 33.3 Å². The predicted molar refractivity (Wildman–Crippen MR) is 137 cm³/mol. The lowest BCUT2D eigenvalue weighted by Gasteiger charge is -2.55. The van der Waals surface area contributed by atoms with Gasteiger partial charge >= 0.3 is 6.09 Å². The first kappa shape index (κ1) is 23.0. The predicted octanol–water partition coefficient (Wildman–Crippen LogP) is 3.49. The van der Waals surface area contributed by atoms with Crippen molar-refractivity contribution < 1.29 is 9.53 Å². The van der Waals surface area contributed by atoms with E-state index in [0.29, 0.717) is 35.6 Å². The fourth-order valence-corrected chi connectivity index (χ4v) is 5.17. The first-order valence-electron chi connectivity index (χ1n) is 12.2. The van der Waals surface area contributed by atoms with E-state index in [4.69, 9.17) is 9.72 Å². The molecule has 0 spiro atoms. The normalized spacial score (nSPS) is 19.0. The molecule has 7 heterocycles. The molecular weight excluding hydrogens is 470 g/mol. The monoisotopic (exact) mass is 497 g/mol. The molecule has 7 rings (SSSR count). The number of rotatable bonds is 3. The van der Waals surface area contributed by atoms with E-state index in [2.05, 4.69) is 31.0 Å². The minimum atomic E-state index is -0.513. The highest BCUT2D eigenvalue weighted by Gasteiger charge is 2.49. The molecule has 4 aromatic rings. The number of carbonyl (C=O) groups is 1. The number of piperazine rings is 1. The van der Waals surface area contributed by atoms with Crippen LogP contribution in [0.4, 0.5) is 10.6 Å². The maximum absolute atomic E-state index is 12.6. The summed E-state index contributed by atoms with van der Waals surface area (Å²) in [6.07, 6.45) is 9.40. The van der Waals surface area contributed by atoms with Crippen LogP contribution in [-0.2, 0) is 11.8 Å². The van der Waals surface area contributed by atoms with Gasteiger partial charge in [-0.15, -0.1) is 0 Å². The van der Waals surface area contributed by atoms with Crippen molar-refractivity contribution >= 4 is 22.9 Å². The summed E-state index contributed by atoms with van der Waals surface area (Å²) < 4.78 is 7.31. The molecule has 2 bridgehead atoms. The van der Waals surface area contributed by atoms with E-state index in [0.717, 1.165) is 28.9 Å². The molecule has 11 heteroatoms. The lowest BCUT2D eigenvalue weighted by Crippen LogP contribution is -2.70. The SMILES string of the molecule is Cn1cc(-c2cc3c(-c4cnc(N5CC6CC(C5)N6C(=O)OC(C)(C)C)cn4)c(C#N)cnc3[nH]2)cn1. The highest BCUT2D eigenvalue weighted by atomic mass is 16.6. The quantitative estimate of drug-likeness (QED) is 0.455. The number of fused-ring (bicyclic) bond motifs is 3. The summed E-state index contributed by atoms with van der Waals surface area (Å²) in [4.78, 5) is 33.7. The van der Waals surface area contributed by atoms with Crippen molar-refractivity contribution in [1.29, 1.82) is 5.26 Å². The zero-order chi connectivity index (χ0) is 25.9. The fraction of sp³-hybridized carbons (Fsp3) is 0.385. The summed E-state index contributed by atoms with van der Waals surface area (Å²) in [7, 11) is 1.86. The average Bonchev–Trinajstić information content (AvgIpc) is 3.48. The lowest BCUT2D eigenvalue weighted by molar-refractivity contribution is -0.0380. The van der Waals surface area contributed by atoms with E-state index in [9.17, 15) is 10.1 Å². The molecule has 188 valence electrons. The number of aromatic nitrogens is 6. The molecule has 1 N–H and O–H groups in total. The highest BCUT2D eigenvalue weighted by molar-refractivity contribution is 5.97. The standard InChI is InChI=1S/C26H27N9O2/c1-26(2,3)37-25(36)35-17-5-18(35)14-34(13-17)22-11-28-21(10-29-22)23-15(7-27)8-30-24-19(23)6-20(32-24)16-9-31-33(4)12-16/h6,8-12,17-18H,5,13-14H2,1-4H3,(H,30,32). The molecule has 0 radical (unpaired) electrons. The van der Waals surface area contributed by atoms with Crippen molar-refractivity contribution in [1.82, 2.24) is 34.6 Å². The third-order valence-electron chi connectivity index (χ3n) is 6.81. The number of piperidine rings is 1. The number of aryl methyl sites for hydroxylation is 1. The van der Waals surface area contributed by atoms with Gasteiger partial charge in [0.25, 0.3) is 0 Å². The number of nitrogens with one attached hydrogen (secondary N) is 1. The number of nitrogens with zero attached hydrogens (tertiary/aromatic N) is 8. The topological polar surface area (TPSA) is 129 Å². The van der Waals surface area contributed by atoms with Gasteiger partial charge in [0.15, 0.2) is 0 Å². The molecule has 2 atom stereocenters. The Hall–Kier alpha value is -4.46. The lowest BCUT2D eigenvalue weighted by atomic mass is 9.88. The van der Waals surface area contributed by atoms with E-state index >= 15 is 0 Å². The zero-order valence-corrected chi connectivity index (χ0v) is 21.1. The van der Waals surface area contributed by atoms with Gasteiger partial charge in [0, 0.05) is 49.0 Å². The molecule has 3 aliphatic rings. The van der Waals surface area contributed by atoms with Crippen LogP contribution >= 0.6 is 0 Å². The first-order chi connectivity index (χ1) is 17.7. The average molecular weight is 498 g/mol. The van der Waals surface area contributed by atoms with Crippen LogP contribution in [0.3, 0.4) is 0 Å². The Morgan fingerprint density at radius 1 is 1.14 bits per heavy atom. The summed E-state index contributed by atoms with van der Waals surface area (Å²) >= 11 is 0. The van der Waals surface area contributed by atoms with E-state index in [1.54, 1.807) is 29.5 Å². The third kappa shape index (κ3) is 4.04.